The summed E-state index contributed by atoms with van der Waals surface area (Å²) in [6, 6.07) is 13.3. The van der Waals surface area contributed by atoms with Gasteiger partial charge in [0.2, 0.25) is 0 Å². The van der Waals surface area contributed by atoms with Crippen molar-refractivity contribution in [2.24, 2.45) is 0 Å². The lowest BCUT2D eigenvalue weighted by atomic mass is 9.95. The lowest BCUT2D eigenvalue weighted by molar-refractivity contribution is 0.133. The molecule has 0 aliphatic rings. The Balaban J connectivity index is 2.11. The molecule has 0 aromatic heterocycles. The summed E-state index contributed by atoms with van der Waals surface area (Å²) in [6.45, 7) is 5.53. The number of phenols is 2. The van der Waals surface area contributed by atoms with Crippen molar-refractivity contribution in [3.63, 3.8) is 0 Å². The number of benzene rings is 2. The molecule has 0 bridgehead atoms. The second-order valence-electron chi connectivity index (χ2n) is 7.60. The maximum Gasteiger partial charge on any atom is 0.123 e. The van der Waals surface area contributed by atoms with E-state index in [1.54, 1.807) is 26.0 Å². The average Bonchev–Trinajstić information content (AvgIpc) is 2.58. The van der Waals surface area contributed by atoms with Crippen molar-refractivity contribution in [1.29, 1.82) is 0 Å². The van der Waals surface area contributed by atoms with Crippen LogP contribution in [0.2, 0.25) is 0 Å². The van der Waals surface area contributed by atoms with Crippen LogP contribution in [0.15, 0.2) is 66.3 Å². The summed E-state index contributed by atoms with van der Waals surface area (Å²) in [4.78, 5) is 0. The van der Waals surface area contributed by atoms with Gasteiger partial charge >= 0.3 is 0 Å². The zero-order valence-corrected chi connectivity index (χ0v) is 16.4. The van der Waals surface area contributed by atoms with Gasteiger partial charge in [-0.2, -0.15) is 0 Å². The van der Waals surface area contributed by atoms with Crippen molar-refractivity contribution in [1.82, 2.24) is 0 Å². The van der Waals surface area contributed by atoms with Gasteiger partial charge < -0.3 is 15.3 Å². The molecule has 0 aliphatic carbocycles. The zero-order valence-electron chi connectivity index (χ0n) is 16.4. The van der Waals surface area contributed by atoms with Crippen molar-refractivity contribution in [3.05, 3.63) is 83.0 Å². The van der Waals surface area contributed by atoms with Crippen LogP contribution in [-0.2, 0) is 19.3 Å². The smallest absolute Gasteiger partial charge is 0.123 e. The van der Waals surface area contributed by atoms with Gasteiger partial charge in [-0.25, -0.2) is 0 Å². The monoisotopic (exact) mass is 366 g/mol. The first-order chi connectivity index (χ1) is 12.7. The molecule has 0 radical (unpaired) electrons. The molecule has 0 unspecified atom stereocenters. The van der Waals surface area contributed by atoms with Gasteiger partial charge in [-0.15, -0.1) is 0 Å². The van der Waals surface area contributed by atoms with E-state index in [1.165, 1.54) is 11.6 Å². The number of aliphatic hydroxyl groups is 1. The number of phenolic OH excluding ortho intramolecular Hbond substituents is 2. The average molecular weight is 367 g/mol. The van der Waals surface area contributed by atoms with Gasteiger partial charge in [-0.05, 0) is 63.6 Å². The van der Waals surface area contributed by atoms with Crippen LogP contribution in [0, 0.1) is 0 Å². The molecule has 27 heavy (non-hydrogen) atoms. The van der Waals surface area contributed by atoms with Crippen LogP contribution in [0.25, 0.3) is 0 Å². The van der Waals surface area contributed by atoms with E-state index in [9.17, 15) is 15.3 Å². The van der Waals surface area contributed by atoms with E-state index in [4.69, 9.17) is 0 Å². The molecule has 0 aliphatic heterocycles. The molecule has 0 saturated heterocycles. The maximum atomic E-state index is 10.3. The standard InChI is InChI=1S/C24H30O3/c1-18(8-7-15-24(2,3)27)11-14-22-20(16-21(25)17-23(22)26)13-12-19-9-5-4-6-10-19/h4-7,9-11,15-17,25-27H,8,12-14H2,1-3H3/b15-7+,18-11+. The van der Waals surface area contributed by atoms with E-state index in [-0.39, 0.29) is 11.5 Å². The van der Waals surface area contributed by atoms with Crippen LogP contribution < -0.4 is 0 Å². The normalized spacial score (nSPS) is 12.7. The molecule has 0 fully saturated rings. The van der Waals surface area contributed by atoms with Crippen LogP contribution in [0.1, 0.15) is 43.9 Å². The first-order valence-corrected chi connectivity index (χ1v) is 9.38. The van der Waals surface area contributed by atoms with Crippen molar-refractivity contribution in [2.45, 2.75) is 52.1 Å². The largest absolute Gasteiger partial charge is 0.508 e. The Bertz CT molecular complexity index is 796. The third-order valence-electron chi connectivity index (χ3n) is 4.45. The second kappa shape index (κ2) is 9.43. The number of aryl methyl sites for hydroxylation is 2. The van der Waals surface area contributed by atoms with Crippen LogP contribution in [0.4, 0.5) is 0 Å². The van der Waals surface area contributed by atoms with E-state index >= 15 is 0 Å². The van der Waals surface area contributed by atoms with Crippen LogP contribution in [0.5, 0.6) is 11.5 Å². The molecule has 0 amide bonds. The molecule has 0 atom stereocenters. The number of hydrogen-bond acceptors (Lipinski definition) is 3. The van der Waals surface area contributed by atoms with Crippen LogP contribution >= 0.6 is 0 Å². The molecule has 2 rings (SSSR count). The summed E-state index contributed by atoms with van der Waals surface area (Å²) < 4.78 is 0. The Morgan fingerprint density at radius 2 is 1.74 bits per heavy atom. The Morgan fingerprint density at radius 1 is 1.04 bits per heavy atom. The van der Waals surface area contributed by atoms with Crippen LogP contribution in [0.3, 0.4) is 0 Å². The summed E-state index contributed by atoms with van der Waals surface area (Å²) in [5, 5.41) is 29.9. The van der Waals surface area contributed by atoms with E-state index in [0.29, 0.717) is 6.42 Å². The molecule has 3 heteroatoms. The van der Waals surface area contributed by atoms with Crippen molar-refractivity contribution in [2.75, 3.05) is 0 Å². The Hall–Kier alpha value is -2.52. The van der Waals surface area contributed by atoms with Gasteiger partial charge in [0.05, 0.1) is 5.60 Å². The highest BCUT2D eigenvalue weighted by Crippen LogP contribution is 2.29. The van der Waals surface area contributed by atoms with Gasteiger partial charge in [-0.3, -0.25) is 0 Å². The Labute approximate surface area is 162 Å². The number of hydrogen-bond donors (Lipinski definition) is 3. The third-order valence-corrected chi connectivity index (χ3v) is 4.45. The first kappa shape index (κ1) is 20.8. The molecule has 0 heterocycles. The summed E-state index contributed by atoms with van der Waals surface area (Å²) in [5.41, 5.74) is 3.41. The van der Waals surface area contributed by atoms with Gasteiger partial charge in [0.1, 0.15) is 11.5 Å². The molecule has 144 valence electrons. The zero-order chi connectivity index (χ0) is 19.9. The summed E-state index contributed by atoms with van der Waals surface area (Å²) in [5.74, 6) is 0.224. The second-order valence-corrected chi connectivity index (χ2v) is 7.60. The van der Waals surface area contributed by atoms with Crippen molar-refractivity contribution >= 4 is 0 Å². The first-order valence-electron chi connectivity index (χ1n) is 9.38. The van der Waals surface area contributed by atoms with Crippen molar-refractivity contribution < 1.29 is 15.3 Å². The lowest BCUT2D eigenvalue weighted by Crippen LogP contribution is -2.13. The van der Waals surface area contributed by atoms with Gasteiger partial charge in [0.25, 0.3) is 0 Å². The van der Waals surface area contributed by atoms with E-state index in [0.717, 1.165) is 36.0 Å². The highest BCUT2D eigenvalue weighted by Gasteiger charge is 2.10. The van der Waals surface area contributed by atoms with E-state index in [2.05, 4.69) is 18.2 Å². The fourth-order valence-corrected chi connectivity index (χ4v) is 2.97. The molecular weight excluding hydrogens is 336 g/mol. The molecule has 3 nitrogen and oxygen atoms in total. The van der Waals surface area contributed by atoms with Crippen LogP contribution in [-0.4, -0.2) is 20.9 Å². The third kappa shape index (κ3) is 7.32. The van der Waals surface area contributed by atoms with E-state index in [1.807, 2.05) is 31.2 Å². The molecule has 2 aromatic rings. The minimum atomic E-state index is -0.805. The molecule has 2 aromatic carbocycles. The van der Waals surface area contributed by atoms with E-state index < -0.39 is 5.60 Å². The summed E-state index contributed by atoms with van der Waals surface area (Å²) >= 11 is 0. The number of aromatic hydroxyl groups is 2. The lowest BCUT2D eigenvalue weighted by Gasteiger charge is -2.12. The van der Waals surface area contributed by atoms with Gasteiger partial charge in [0, 0.05) is 11.6 Å². The van der Waals surface area contributed by atoms with Gasteiger partial charge in [-0.1, -0.05) is 54.1 Å². The number of allylic oxidation sites excluding steroid dienone is 3. The quantitative estimate of drug-likeness (QED) is 0.570. The minimum Gasteiger partial charge on any atom is -0.508 e. The highest BCUT2D eigenvalue weighted by molar-refractivity contribution is 5.47. The highest BCUT2D eigenvalue weighted by atomic mass is 16.3. The fourth-order valence-electron chi connectivity index (χ4n) is 2.97. The summed E-state index contributed by atoms with van der Waals surface area (Å²) in [7, 11) is 0. The Kier molecular flexibility index (Phi) is 7.26. The summed E-state index contributed by atoms with van der Waals surface area (Å²) in [6.07, 6.45) is 8.81. The topological polar surface area (TPSA) is 60.7 Å². The molecule has 0 saturated carbocycles. The molecular formula is C24H30O3. The SMILES string of the molecule is C/C(=C\Cc1c(O)cc(O)cc1CCc1ccccc1)C/C=C/C(C)(C)O. The number of rotatable bonds is 8. The van der Waals surface area contributed by atoms with Crippen molar-refractivity contribution in [3.8, 4) is 11.5 Å². The minimum absolute atomic E-state index is 0.0909. The van der Waals surface area contributed by atoms with Gasteiger partial charge in [0.15, 0.2) is 0 Å². The Morgan fingerprint density at radius 3 is 2.41 bits per heavy atom. The molecule has 0 spiro atoms. The fraction of sp³-hybridized carbons (Fsp3) is 0.333. The predicted octanol–water partition coefficient (Wildman–Crippen LogP) is 5.09. The predicted molar refractivity (Wildman–Crippen MR) is 111 cm³/mol. The maximum absolute atomic E-state index is 10.3. The molecule has 3 N–H and O–H groups in total.